The molecule has 0 saturated carbocycles. The normalized spacial score (nSPS) is 16.2. The molecule has 2 aromatic rings. The van der Waals surface area contributed by atoms with Crippen LogP contribution < -0.4 is 0 Å². The zero-order valence-corrected chi connectivity index (χ0v) is 9.51. The van der Waals surface area contributed by atoms with Crippen molar-refractivity contribution in [2.75, 3.05) is 0 Å². The molecule has 0 N–H and O–H groups in total. The Morgan fingerprint density at radius 1 is 1.06 bits per heavy atom. The molecule has 0 aliphatic heterocycles. The van der Waals surface area contributed by atoms with Crippen LogP contribution >= 0.6 is 11.6 Å². The van der Waals surface area contributed by atoms with Gasteiger partial charge in [0.15, 0.2) is 0 Å². The van der Waals surface area contributed by atoms with E-state index in [-0.39, 0.29) is 16.3 Å². The molecule has 1 aliphatic carbocycles. The number of benzene rings is 1. The van der Waals surface area contributed by atoms with E-state index in [9.17, 15) is 8.78 Å². The molecule has 1 aromatic carbocycles. The highest BCUT2D eigenvalue weighted by molar-refractivity contribution is 6.29. The fourth-order valence-corrected chi connectivity index (χ4v) is 2.37. The van der Waals surface area contributed by atoms with Gasteiger partial charge in [-0.15, -0.1) is 0 Å². The van der Waals surface area contributed by atoms with Gasteiger partial charge in [-0.2, -0.15) is 8.78 Å². The summed E-state index contributed by atoms with van der Waals surface area (Å²) in [6.45, 7) is 0. The molecule has 0 atom stereocenters. The summed E-state index contributed by atoms with van der Waals surface area (Å²) in [6, 6.07) is 9.32. The number of hydrogen-bond donors (Lipinski definition) is 0. The van der Waals surface area contributed by atoms with Crippen LogP contribution in [0.25, 0.3) is 0 Å². The summed E-state index contributed by atoms with van der Waals surface area (Å²) < 4.78 is 28.5. The molecule has 0 radical (unpaired) electrons. The minimum absolute atomic E-state index is 0.0411. The Kier molecular flexibility index (Phi) is 2.20. The highest BCUT2D eigenvalue weighted by Crippen LogP contribution is 2.43. The van der Waals surface area contributed by atoms with Gasteiger partial charge in [-0.1, -0.05) is 35.9 Å². The molecular formula is C13H8ClF2N. The Bertz CT molecular complexity index is 596. The van der Waals surface area contributed by atoms with Gasteiger partial charge in [0.1, 0.15) is 5.15 Å². The van der Waals surface area contributed by atoms with Crippen LogP contribution in [-0.2, 0) is 12.3 Å². The smallest absolute Gasteiger partial charge is 0.240 e. The van der Waals surface area contributed by atoms with E-state index in [4.69, 9.17) is 11.6 Å². The van der Waals surface area contributed by atoms with E-state index >= 15 is 0 Å². The second kappa shape index (κ2) is 3.50. The minimum Gasteiger partial charge on any atom is -0.240 e. The lowest BCUT2D eigenvalue weighted by Crippen LogP contribution is -2.25. The van der Waals surface area contributed by atoms with Crippen LogP contribution in [0, 0.1) is 0 Å². The first-order valence-corrected chi connectivity index (χ1v) is 5.59. The molecule has 3 rings (SSSR count). The van der Waals surface area contributed by atoms with Gasteiger partial charge in [-0.05, 0) is 17.7 Å². The van der Waals surface area contributed by atoms with Gasteiger partial charge in [0.25, 0.3) is 0 Å². The summed E-state index contributed by atoms with van der Waals surface area (Å²) in [5.74, 6) is -2.98. The summed E-state index contributed by atoms with van der Waals surface area (Å²) in [6.07, 6.45) is 0.404. The topological polar surface area (TPSA) is 12.9 Å². The SMILES string of the molecule is FC1(F)c2ccccc2Cc2nc(Cl)ccc21. The van der Waals surface area contributed by atoms with Crippen molar-refractivity contribution in [3.05, 3.63) is 63.9 Å². The van der Waals surface area contributed by atoms with Crippen LogP contribution in [0.15, 0.2) is 36.4 Å². The molecule has 0 fully saturated rings. The van der Waals surface area contributed by atoms with Crippen molar-refractivity contribution in [3.63, 3.8) is 0 Å². The fourth-order valence-electron chi connectivity index (χ4n) is 2.20. The van der Waals surface area contributed by atoms with Gasteiger partial charge >= 0.3 is 5.92 Å². The Labute approximate surface area is 102 Å². The van der Waals surface area contributed by atoms with Crippen LogP contribution in [0.1, 0.15) is 22.4 Å². The molecule has 4 heteroatoms. The van der Waals surface area contributed by atoms with Crippen molar-refractivity contribution < 1.29 is 8.78 Å². The van der Waals surface area contributed by atoms with Gasteiger partial charge in [0.05, 0.1) is 5.69 Å². The average Bonchev–Trinajstić information content (AvgIpc) is 2.28. The molecule has 1 heterocycles. The Morgan fingerprint density at radius 2 is 1.82 bits per heavy atom. The van der Waals surface area contributed by atoms with Gasteiger partial charge in [0, 0.05) is 17.5 Å². The van der Waals surface area contributed by atoms with E-state index in [0.717, 1.165) is 0 Å². The van der Waals surface area contributed by atoms with Crippen molar-refractivity contribution >= 4 is 11.6 Å². The quantitative estimate of drug-likeness (QED) is 0.650. The predicted octanol–water partition coefficient (Wildman–Crippen LogP) is 3.78. The second-order valence-electron chi connectivity index (χ2n) is 4.04. The van der Waals surface area contributed by atoms with E-state index in [0.29, 0.717) is 17.7 Å². The Balaban J connectivity index is 2.26. The van der Waals surface area contributed by atoms with Gasteiger partial charge in [-0.25, -0.2) is 4.98 Å². The lowest BCUT2D eigenvalue weighted by Gasteiger charge is -2.27. The number of nitrogens with zero attached hydrogens (tertiary/aromatic N) is 1. The maximum atomic E-state index is 14.2. The monoisotopic (exact) mass is 251 g/mol. The summed E-state index contributed by atoms with van der Waals surface area (Å²) in [5, 5.41) is 0.249. The third-order valence-corrected chi connectivity index (χ3v) is 3.20. The van der Waals surface area contributed by atoms with Crippen molar-refractivity contribution in [3.8, 4) is 0 Å². The molecule has 0 bridgehead atoms. The average molecular weight is 252 g/mol. The number of hydrogen-bond acceptors (Lipinski definition) is 1. The maximum absolute atomic E-state index is 14.2. The first-order chi connectivity index (χ1) is 8.09. The lowest BCUT2D eigenvalue weighted by molar-refractivity contribution is 0.0380. The lowest BCUT2D eigenvalue weighted by atomic mass is 9.86. The molecule has 86 valence electrons. The second-order valence-corrected chi connectivity index (χ2v) is 4.42. The van der Waals surface area contributed by atoms with Crippen LogP contribution in [-0.4, -0.2) is 4.98 Å². The molecule has 0 amide bonds. The zero-order valence-electron chi connectivity index (χ0n) is 8.75. The summed E-state index contributed by atoms with van der Waals surface area (Å²) in [7, 11) is 0. The highest BCUT2D eigenvalue weighted by atomic mass is 35.5. The minimum atomic E-state index is -2.98. The highest BCUT2D eigenvalue weighted by Gasteiger charge is 2.41. The van der Waals surface area contributed by atoms with Crippen LogP contribution in [0.2, 0.25) is 5.15 Å². The van der Waals surface area contributed by atoms with E-state index in [1.807, 2.05) is 0 Å². The molecule has 0 saturated heterocycles. The zero-order chi connectivity index (χ0) is 12.0. The van der Waals surface area contributed by atoms with Crippen molar-refractivity contribution in [1.29, 1.82) is 0 Å². The number of halogens is 3. The third-order valence-electron chi connectivity index (χ3n) is 2.99. The van der Waals surface area contributed by atoms with Gasteiger partial charge in [-0.3, -0.25) is 0 Å². The molecular weight excluding hydrogens is 244 g/mol. The molecule has 1 nitrogen and oxygen atoms in total. The first kappa shape index (κ1) is 10.7. The Hall–Kier alpha value is -1.48. The van der Waals surface area contributed by atoms with E-state index in [1.54, 1.807) is 18.2 Å². The summed E-state index contributed by atoms with van der Waals surface area (Å²) in [4.78, 5) is 3.99. The Morgan fingerprint density at radius 3 is 2.65 bits per heavy atom. The van der Waals surface area contributed by atoms with Crippen molar-refractivity contribution in [2.24, 2.45) is 0 Å². The van der Waals surface area contributed by atoms with Crippen molar-refractivity contribution in [1.82, 2.24) is 4.98 Å². The van der Waals surface area contributed by atoms with Crippen molar-refractivity contribution in [2.45, 2.75) is 12.3 Å². The summed E-state index contributed by atoms with van der Waals surface area (Å²) >= 11 is 5.74. The molecule has 0 unspecified atom stereocenters. The van der Waals surface area contributed by atoms with Crippen LogP contribution in [0.4, 0.5) is 8.78 Å². The van der Waals surface area contributed by atoms with Crippen LogP contribution in [0.5, 0.6) is 0 Å². The molecule has 1 aromatic heterocycles. The standard InChI is InChI=1S/C13H8ClF2N/c14-12-6-5-10-11(17-12)7-8-3-1-2-4-9(8)13(10,15)16/h1-6H,7H2. The number of alkyl halides is 2. The van der Waals surface area contributed by atoms with Gasteiger partial charge in [0.2, 0.25) is 0 Å². The first-order valence-electron chi connectivity index (χ1n) is 5.21. The molecule has 0 spiro atoms. The number of fused-ring (bicyclic) bond motifs is 2. The molecule has 1 aliphatic rings. The maximum Gasteiger partial charge on any atom is 0.300 e. The molecule has 17 heavy (non-hydrogen) atoms. The number of rotatable bonds is 0. The fraction of sp³-hybridized carbons (Fsp3) is 0.154. The van der Waals surface area contributed by atoms with Crippen LogP contribution in [0.3, 0.4) is 0 Å². The predicted molar refractivity (Wildman–Crippen MR) is 61.5 cm³/mol. The summed E-state index contributed by atoms with van der Waals surface area (Å²) in [5.41, 5.74) is 0.998. The van der Waals surface area contributed by atoms with Gasteiger partial charge < -0.3 is 0 Å². The van der Waals surface area contributed by atoms with E-state index < -0.39 is 5.92 Å². The number of pyridine rings is 1. The largest absolute Gasteiger partial charge is 0.300 e. The van der Waals surface area contributed by atoms with E-state index in [2.05, 4.69) is 4.98 Å². The number of aromatic nitrogens is 1. The third kappa shape index (κ3) is 1.53. The van der Waals surface area contributed by atoms with E-state index in [1.165, 1.54) is 18.2 Å².